The standard InChI is InChI=1S/C36H42FN5O4/c1-23-8-12-30(25(3)24(23)2)31-20-29(44-5)11-9-27(31)15-18-45-36(43)41-34-14-16-38-35(40-34)39-28-10-13-33(32(37)19-28)46-22-26-7-6-17-42(4)21-26/h8-14,16,19-20,26H,6-7,15,17-18,21-22H2,1-5H3,(H2,38,39,40,41,43). The summed E-state index contributed by atoms with van der Waals surface area (Å²) in [5.74, 6) is 1.33. The summed E-state index contributed by atoms with van der Waals surface area (Å²) in [5.41, 5.74) is 7.35. The fourth-order valence-corrected chi connectivity index (χ4v) is 5.72. The maximum absolute atomic E-state index is 14.8. The first-order valence-corrected chi connectivity index (χ1v) is 15.6. The van der Waals surface area contributed by atoms with Gasteiger partial charge in [0.25, 0.3) is 0 Å². The number of aromatic nitrogens is 2. The first kappa shape index (κ1) is 32.7. The highest BCUT2D eigenvalue weighted by atomic mass is 19.1. The van der Waals surface area contributed by atoms with Crippen LogP contribution in [0, 0.1) is 32.5 Å². The van der Waals surface area contributed by atoms with E-state index in [1.807, 2.05) is 18.2 Å². The number of halogens is 1. The fraction of sp³-hybridized carbons (Fsp3) is 0.361. The molecule has 9 nitrogen and oxygen atoms in total. The van der Waals surface area contributed by atoms with Crippen molar-refractivity contribution in [2.45, 2.75) is 40.0 Å². The van der Waals surface area contributed by atoms with Crippen LogP contribution in [0.15, 0.2) is 60.8 Å². The van der Waals surface area contributed by atoms with Gasteiger partial charge in [0.05, 0.1) is 20.3 Å². The smallest absolute Gasteiger partial charge is 0.412 e. The predicted octanol–water partition coefficient (Wildman–Crippen LogP) is 7.47. The number of anilines is 3. The van der Waals surface area contributed by atoms with Crippen LogP contribution in [0.3, 0.4) is 0 Å². The molecule has 2 N–H and O–H groups in total. The van der Waals surface area contributed by atoms with Crippen LogP contribution in [-0.2, 0) is 11.2 Å². The number of benzene rings is 3. The van der Waals surface area contributed by atoms with Gasteiger partial charge in [0.15, 0.2) is 11.6 Å². The van der Waals surface area contributed by atoms with Gasteiger partial charge in [0.1, 0.15) is 11.6 Å². The number of nitrogens with one attached hydrogen (secondary N) is 2. The highest BCUT2D eigenvalue weighted by molar-refractivity contribution is 5.83. The number of aryl methyl sites for hydroxylation is 1. The first-order chi connectivity index (χ1) is 22.2. The fourth-order valence-electron chi connectivity index (χ4n) is 5.72. The molecule has 1 saturated heterocycles. The molecule has 242 valence electrons. The van der Waals surface area contributed by atoms with E-state index in [0.29, 0.717) is 24.6 Å². The SMILES string of the molecule is COc1ccc(CCOC(=O)Nc2ccnc(Nc3ccc(OCC4CCCN(C)C4)c(F)c3)n2)c(-c2ccc(C)c(C)c2C)c1. The molecular weight excluding hydrogens is 585 g/mol. The molecule has 1 atom stereocenters. The molecule has 0 radical (unpaired) electrons. The number of hydrogen-bond acceptors (Lipinski definition) is 8. The number of carbonyl (C=O) groups excluding carboxylic acids is 1. The summed E-state index contributed by atoms with van der Waals surface area (Å²) in [6.07, 6.45) is 3.57. The Morgan fingerprint density at radius 1 is 1.04 bits per heavy atom. The number of rotatable bonds is 11. The van der Waals surface area contributed by atoms with E-state index < -0.39 is 11.9 Å². The number of ether oxygens (including phenoxy) is 3. The molecule has 1 aromatic heterocycles. The van der Waals surface area contributed by atoms with E-state index in [4.69, 9.17) is 14.2 Å². The van der Waals surface area contributed by atoms with Gasteiger partial charge in [-0.3, -0.25) is 5.32 Å². The molecule has 1 aliphatic rings. The van der Waals surface area contributed by atoms with Crippen molar-refractivity contribution in [3.8, 4) is 22.6 Å². The minimum atomic E-state index is -0.640. The van der Waals surface area contributed by atoms with E-state index in [-0.39, 0.29) is 24.1 Å². The summed E-state index contributed by atoms with van der Waals surface area (Å²) in [5, 5.41) is 5.62. The van der Waals surface area contributed by atoms with Gasteiger partial charge in [-0.15, -0.1) is 0 Å². The lowest BCUT2D eigenvalue weighted by Crippen LogP contribution is -2.34. The van der Waals surface area contributed by atoms with Crippen molar-refractivity contribution in [2.75, 3.05) is 51.1 Å². The molecule has 1 fully saturated rings. The van der Waals surface area contributed by atoms with Crippen molar-refractivity contribution in [3.05, 3.63) is 88.9 Å². The Balaban J connectivity index is 1.15. The van der Waals surface area contributed by atoms with Gasteiger partial charge in [0, 0.05) is 36.8 Å². The van der Waals surface area contributed by atoms with Crippen LogP contribution < -0.4 is 20.1 Å². The molecule has 1 amide bonds. The number of carbonyl (C=O) groups is 1. The van der Waals surface area contributed by atoms with Crippen LogP contribution in [0.5, 0.6) is 11.5 Å². The third-order valence-electron chi connectivity index (χ3n) is 8.54. The number of likely N-dealkylation sites (tertiary alicyclic amines) is 1. The predicted molar refractivity (Wildman–Crippen MR) is 179 cm³/mol. The van der Waals surface area contributed by atoms with Crippen LogP contribution in [0.4, 0.5) is 26.6 Å². The van der Waals surface area contributed by atoms with Crippen molar-refractivity contribution in [3.63, 3.8) is 0 Å². The van der Waals surface area contributed by atoms with E-state index in [0.717, 1.165) is 48.4 Å². The minimum Gasteiger partial charge on any atom is -0.497 e. The van der Waals surface area contributed by atoms with Gasteiger partial charge in [-0.05, 0) is 111 Å². The van der Waals surface area contributed by atoms with Gasteiger partial charge < -0.3 is 24.4 Å². The van der Waals surface area contributed by atoms with Gasteiger partial charge >= 0.3 is 6.09 Å². The molecule has 5 rings (SSSR count). The second kappa shape index (κ2) is 15.1. The Morgan fingerprint density at radius 2 is 1.89 bits per heavy atom. The number of piperidine rings is 1. The number of hydrogen-bond donors (Lipinski definition) is 2. The Labute approximate surface area is 270 Å². The zero-order valence-electron chi connectivity index (χ0n) is 27.2. The van der Waals surface area contributed by atoms with Gasteiger partial charge in [0.2, 0.25) is 5.95 Å². The Hall–Kier alpha value is -4.70. The van der Waals surface area contributed by atoms with Crippen molar-refractivity contribution in [1.82, 2.24) is 14.9 Å². The zero-order chi connectivity index (χ0) is 32.6. The molecule has 0 saturated carbocycles. The molecule has 3 aromatic carbocycles. The highest BCUT2D eigenvalue weighted by Crippen LogP contribution is 2.33. The third kappa shape index (κ3) is 8.31. The molecule has 1 unspecified atom stereocenters. The molecular formula is C36H42FN5O4. The van der Waals surface area contributed by atoms with E-state index in [9.17, 15) is 9.18 Å². The van der Waals surface area contributed by atoms with Crippen molar-refractivity contribution in [1.29, 1.82) is 0 Å². The largest absolute Gasteiger partial charge is 0.497 e. The summed E-state index contributed by atoms with van der Waals surface area (Å²) < 4.78 is 31.6. The minimum absolute atomic E-state index is 0.163. The number of methoxy groups -OCH3 is 1. The average molecular weight is 628 g/mol. The van der Waals surface area contributed by atoms with E-state index in [1.54, 1.807) is 25.3 Å². The molecule has 10 heteroatoms. The van der Waals surface area contributed by atoms with Gasteiger partial charge in [-0.1, -0.05) is 18.2 Å². The van der Waals surface area contributed by atoms with Gasteiger partial charge in [-0.2, -0.15) is 4.98 Å². The molecule has 0 spiro atoms. The second-order valence-electron chi connectivity index (χ2n) is 11.8. The highest BCUT2D eigenvalue weighted by Gasteiger charge is 2.19. The summed E-state index contributed by atoms with van der Waals surface area (Å²) in [6.45, 7) is 9.03. The Morgan fingerprint density at radius 3 is 2.67 bits per heavy atom. The van der Waals surface area contributed by atoms with Crippen molar-refractivity contribution >= 4 is 23.5 Å². The molecule has 46 heavy (non-hydrogen) atoms. The summed E-state index contributed by atoms with van der Waals surface area (Å²) in [7, 11) is 3.74. The van der Waals surface area contributed by atoms with Crippen LogP contribution in [0.2, 0.25) is 0 Å². The maximum Gasteiger partial charge on any atom is 0.412 e. The normalized spacial score (nSPS) is 14.9. The number of nitrogens with zero attached hydrogens (tertiary/aromatic N) is 3. The number of amides is 1. The maximum atomic E-state index is 14.8. The lowest BCUT2D eigenvalue weighted by atomic mass is 9.90. The van der Waals surface area contributed by atoms with E-state index in [2.05, 4.69) is 65.5 Å². The molecule has 0 bridgehead atoms. The van der Waals surface area contributed by atoms with Crippen molar-refractivity contribution < 1.29 is 23.4 Å². The molecule has 2 heterocycles. The average Bonchev–Trinajstić information content (AvgIpc) is 3.04. The van der Waals surface area contributed by atoms with E-state index in [1.165, 1.54) is 29.0 Å². The van der Waals surface area contributed by atoms with Crippen LogP contribution >= 0.6 is 0 Å². The summed E-state index contributed by atoms with van der Waals surface area (Å²) >= 11 is 0. The molecule has 1 aliphatic heterocycles. The zero-order valence-corrected chi connectivity index (χ0v) is 27.2. The molecule has 0 aliphatic carbocycles. The Kier molecular flexibility index (Phi) is 10.7. The van der Waals surface area contributed by atoms with Crippen LogP contribution in [-0.4, -0.2) is 61.4 Å². The quantitative estimate of drug-likeness (QED) is 0.177. The topological polar surface area (TPSA) is 97.8 Å². The summed E-state index contributed by atoms with van der Waals surface area (Å²) in [6, 6.07) is 16.4. The lowest BCUT2D eigenvalue weighted by Gasteiger charge is -2.29. The Bertz CT molecular complexity index is 1680. The molecule has 4 aromatic rings. The van der Waals surface area contributed by atoms with Crippen LogP contribution in [0.1, 0.15) is 35.1 Å². The second-order valence-corrected chi connectivity index (χ2v) is 11.8. The lowest BCUT2D eigenvalue weighted by molar-refractivity contribution is 0.147. The first-order valence-electron chi connectivity index (χ1n) is 15.6. The van der Waals surface area contributed by atoms with E-state index >= 15 is 0 Å². The van der Waals surface area contributed by atoms with Crippen LogP contribution in [0.25, 0.3) is 11.1 Å². The van der Waals surface area contributed by atoms with Gasteiger partial charge in [-0.25, -0.2) is 14.2 Å². The van der Waals surface area contributed by atoms with Crippen molar-refractivity contribution in [2.24, 2.45) is 5.92 Å². The third-order valence-corrected chi connectivity index (χ3v) is 8.54. The summed E-state index contributed by atoms with van der Waals surface area (Å²) in [4.78, 5) is 23.4. The monoisotopic (exact) mass is 627 g/mol.